The second-order valence-electron chi connectivity index (χ2n) is 9.49. The fraction of sp³-hybridized carbons (Fsp3) is 0.615. The molecule has 0 aliphatic rings. The molecule has 1 rings (SSSR count). The summed E-state index contributed by atoms with van der Waals surface area (Å²) in [7, 11) is -0.106. The van der Waals surface area contributed by atoms with Crippen molar-refractivity contribution in [2.75, 3.05) is 7.11 Å². The topological polar surface area (TPSA) is 18.5 Å². The first-order valence-electron chi connectivity index (χ1n) is 11.1. The summed E-state index contributed by atoms with van der Waals surface area (Å²) in [4.78, 5) is 0. The summed E-state index contributed by atoms with van der Waals surface area (Å²) >= 11 is 0. The quantitative estimate of drug-likeness (QED) is 0.266. The van der Waals surface area contributed by atoms with E-state index >= 15 is 0 Å². The molecule has 0 radical (unpaired) electrons. The van der Waals surface area contributed by atoms with Crippen LogP contribution in [0.1, 0.15) is 86.0 Å². The normalized spacial score (nSPS) is 13.3. The average Bonchev–Trinajstić information content (AvgIpc) is 2.62. The van der Waals surface area contributed by atoms with E-state index in [1.165, 1.54) is 22.3 Å². The van der Waals surface area contributed by atoms with Crippen LogP contribution in [0.4, 0.5) is 0 Å². The number of benzene rings is 1. The van der Waals surface area contributed by atoms with Gasteiger partial charge in [-0.25, -0.2) is 0 Å². The van der Waals surface area contributed by atoms with E-state index in [-0.39, 0.29) is 6.10 Å². The summed E-state index contributed by atoms with van der Waals surface area (Å²) in [6.45, 7) is 25.2. The number of rotatable bonds is 11. The molecule has 1 aromatic rings. The van der Waals surface area contributed by atoms with Crippen LogP contribution in [-0.2, 0) is 15.8 Å². The van der Waals surface area contributed by atoms with Crippen LogP contribution in [0.2, 0.25) is 16.6 Å². The molecule has 0 heterocycles. The highest BCUT2D eigenvalue weighted by atomic mass is 28.4. The van der Waals surface area contributed by atoms with Gasteiger partial charge in [0.2, 0.25) is 8.32 Å². The van der Waals surface area contributed by atoms with Crippen molar-refractivity contribution in [2.24, 2.45) is 0 Å². The molecule has 0 aromatic heterocycles. The minimum atomic E-state index is -1.91. The second kappa shape index (κ2) is 11.3. The summed E-state index contributed by atoms with van der Waals surface area (Å²) in [5.41, 5.74) is 7.92. The summed E-state index contributed by atoms with van der Waals surface area (Å²) < 4.78 is 12.9. The predicted molar refractivity (Wildman–Crippen MR) is 130 cm³/mol. The maximum Gasteiger partial charge on any atom is 0.200 e. The lowest BCUT2D eigenvalue weighted by Crippen LogP contribution is -2.47. The molecule has 0 saturated heterocycles. The average molecular weight is 417 g/mol. The first-order chi connectivity index (χ1) is 13.5. The van der Waals surface area contributed by atoms with Crippen LogP contribution in [0.3, 0.4) is 0 Å². The fourth-order valence-electron chi connectivity index (χ4n) is 4.99. The van der Waals surface area contributed by atoms with Crippen molar-refractivity contribution in [3.05, 3.63) is 58.7 Å². The van der Waals surface area contributed by atoms with Gasteiger partial charge in [-0.3, -0.25) is 0 Å². The van der Waals surface area contributed by atoms with Crippen LogP contribution in [0.25, 0.3) is 0 Å². The molecule has 0 saturated carbocycles. The number of hydrogen-bond donors (Lipinski definition) is 0. The van der Waals surface area contributed by atoms with E-state index in [1.807, 2.05) is 0 Å². The zero-order valence-corrected chi connectivity index (χ0v) is 21.6. The van der Waals surface area contributed by atoms with Gasteiger partial charge in [-0.2, -0.15) is 0 Å². The lowest BCUT2D eigenvalue weighted by atomic mass is 9.92. The highest BCUT2D eigenvalue weighted by Gasteiger charge is 2.45. The second-order valence-corrected chi connectivity index (χ2v) is 15.0. The third-order valence-corrected chi connectivity index (χ3v) is 12.4. The lowest BCUT2D eigenvalue weighted by molar-refractivity contribution is 0.102. The minimum absolute atomic E-state index is 0.00427. The fourth-order valence-corrected chi connectivity index (χ4v) is 10.4. The maximum atomic E-state index is 6.89. The zero-order valence-electron chi connectivity index (χ0n) is 20.6. The summed E-state index contributed by atoms with van der Waals surface area (Å²) in [6.07, 6.45) is 0.844. The van der Waals surface area contributed by atoms with Gasteiger partial charge in [0.1, 0.15) is 0 Å². The van der Waals surface area contributed by atoms with Crippen molar-refractivity contribution in [2.45, 2.75) is 98.1 Å². The Morgan fingerprint density at radius 1 is 0.931 bits per heavy atom. The molecule has 3 heteroatoms. The van der Waals surface area contributed by atoms with Crippen molar-refractivity contribution in [3.8, 4) is 0 Å². The van der Waals surface area contributed by atoms with Crippen LogP contribution in [0, 0.1) is 0 Å². The summed E-state index contributed by atoms with van der Waals surface area (Å²) in [5, 5.41) is 0. The monoisotopic (exact) mass is 416 g/mol. The molecule has 2 nitrogen and oxygen atoms in total. The van der Waals surface area contributed by atoms with E-state index in [1.54, 1.807) is 7.11 Å². The van der Waals surface area contributed by atoms with Crippen molar-refractivity contribution in [3.63, 3.8) is 0 Å². The molecule has 0 fully saturated rings. The lowest BCUT2D eigenvalue weighted by Gasteiger charge is -2.42. The van der Waals surface area contributed by atoms with Gasteiger partial charge >= 0.3 is 0 Å². The van der Waals surface area contributed by atoms with Crippen molar-refractivity contribution >= 4 is 8.32 Å². The van der Waals surface area contributed by atoms with Gasteiger partial charge in [0.25, 0.3) is 0 Å². The minimum Gasteiger partial charge on any atom is -0.412 e. The van der Waals surface area contributed by atoms with Gasteiger partial charge in [0.15, 0.2) is 0 Å². The molecule has 1 aromatic carbocycles. The highest BCUT2D eigenvalue weighted by Crippen LogP contribution is 2.43. The molecule has 0 amide bonds. The van der Waals surface area contributed by atoms with Gasteiger partial charge in [0, 0.05) is 13.5 Å². The van der Waals surface area contributed by atoms with E-state index in [4.69, 9.17) is 9.16 Å². The molecule has 1 atom stereocenters. The molecular formula is C26H44O2Si. The molecule has 0 bridgehead atoms. The predicted octanol–water partition coefficient (Wildman–Crippen LogP) is 8.37. The summed E-state index contributed by atoms with van der Waals surface area (Å²) in [6, 6.07) is 8.60. The third-order valence-electron chi connectivity index (χ3n) is 6.38. The van der Waals surface area contributed by atoms with Crippen LogP contribution < -0.4 is 0 Å². The van der Waals surface area contributed by atoms with Crippen LogP contribution in [-0.4, -0.2) is 15.4 Å². The van der Waals surface area contributed by atoms with Crippen molar-refractivity contribution in [1.29, 1.82) is 0 Å². The number of allylic oxidation sites excluding steroid dienone is 2. The molecule has 164 valence electrons. The van der Waals surface area contributed by atoms with E-state index in [2.05, 4.69) is 93.2 Å². The van der Waals surface area contributed by atoms with Gasteiger partial charge < -0.3 is 9.16 Å². The van der Waals surface area contributed by atoms with Crippen LogP contribution in [0.15, 0.2) is 47.6 Å². The maximum absolute atomic E-state index is 6.89. The first kappa shape index (κ1) is 25.9. The van der Waals surface area contributed by atoms with Crippen molar-refractivity contribution < 1.29 is 9.16 Å². The standard InChI is InChI=1S/C26H44O2Si/c1-18(2)25(19(3)4)16-26(27-11)24-15-13-12-14-23(24)17-28-29(20(5)6,21(7)8)22(9)10/h12-15,20-22,26H,1,16-17H2,2-11H3. The Morgan fingerprint density at radius 2 is 1.45 bits per heavy atom. The smallest absolute Gasteiger partial charge is 0.200 e. The van der Waals surface area contributed by atoms with Gasteiger partial charge in [-0.1, -0.05) is 83.5 Å². The molecule has 0 aliphatic carbocycles. The molecule has 0 spiro atoms. The van der Waals surface area contributed by atoms with Gasteiger partial charge in [-0.05, 0) is 54.1 Å². The molecule has 0 aliphatic heterocycles. The third kappa shape index (κ3) is 6.16. The largest absolute Gasteiger partial charge is 0.412 e. The Balaban J connectivity index is 3.24. The summed E-state index contributed by atoms with van der Waals surface area (Å²) in [5.74, 6) is 0. The Labute approximate surface area is 181 Å². The van der Waals surface area contributed by atoms with Gasteiger partial charge in [0.05, 0.1) is 12.7 Å². The Hall–Kier alpha value is -1.16. The van der Waals surface area contributed by atoms with E-state index < -0.39 is 8.32 Å². The van der Waals surface area contributed by atoms with E-state index in [9.17, 15) is 0 Å². The Bertz CT molecular complexity index is 675. The number of methoxy groups -OCH3 is 1. The number of ether oxygens (including phenoxy) is 1. The zero-order chi connectivity index (χ0) is 22.4. The molecule has 29 heavy (non-hydrogen) atoms. The van der Waals surface area contributed by atoms with Gasteiger partial charge in [-0.15, -0.1) is 0 Å². The SMILES string of the molecule is C=C(C)C(CC(OC)c1ccccc1CO[Si](C(C)C)(C(C)C)C(C)C)=C(C)C. The molecular weight excluding hydrogens is 372 g/mol. The van der Waals surface area contributed by atoms with E-state index in [0.29, 0.717) is 23.2 Å². The van der Waals surface area contributed by atoms with Crippen LogP contribution >= 0.6 is 0 Å². The molecule has 0 N–H and O–H groups in total. The van der Waals surface area contributed by atoms with Crippen molar-refractivity contribution in [1.82, 2.24) is 0 Å². The number of hydrogen-bond acceptors (Lipinski definition) is 2. The highest BCUT2D eigenvalue weighted by molar-refractivity contribution is 6.77. The Morgan fingerprint density at radius 3 is 1.86 bits per heavy atom. The molecule has 1 unspecified atom stereocenters. The van der Waals surface area contributed by atoms with E-state index in [0.717, 1.165) is 12.0 Å². The Kier molecular flexibility index (Phi) is 10.1. The first-order valence-corrected chi connectivity index (χ1v) is 13.2. The van der Waals surface area contributed by atoms with Crippen LogP contribution in [0.5, 0.6) is 0 Å².